The van der Waals surface area contributed by atoms with Gasteiger partial charge in [-0.2, -0.15) is 0 Å². The van der Waals surface area contributed by atoms with Crippen molar-refractivity contribution in [1.82, 2.24) is 9.97 Å². The van der Waals surface area contributed by atoms with Gasteiger partial charge in [-0.3, -0.25) is 9.97 Å². The largest absolute Gasteiger partial charge is 0.255 e. The summed E-state index contributed by atoms with van der Waals surface area (Å²) in [5, 5.41) is 0. The minimum atomic E-state index is 0.859. The fourth-order valence-corrected chi connectivity index (χ4v) is 2.62. The summed E-state index contributed by atoms with van der Waals surface area (Å²) < 4.78 is 0. The third kappa shape index (κ3) is 4.68. The number of hydrogen-bond donors (Lipinski definition) is 0. The molecule has 0 bridgehead atoms. The zero-order valence-corrected chi connectivity index (χ0v) is 15.6. The fourth-order valence-electron chi connectivity index (χ4n) is 2.62. The highest BCUT2D eigenvalue weighted by molar-refractivity contribution is 5.75. The molecule has 0 atom stereocenters. The second-order valence-electron chi connectivity index (χ2n) is 5.40. The summed E-state index contributed by atoms with van der Waals surface area (Å²) in [7, 11) is 0. The van der Waals surface area contributed by atoms with E-state index in [0.29, 0.717) is 0 Å². The summed E-state index contributed by atoms with van der Waals surface area (Å²) in [6.45, 7) is 6.12. The lowest BCUT2D eigenvalue weighted by Gasteiger charge is -2.05. The lowest BCUT2D eigenvalue weighted by Crippen LogP contribution is -1.91. The maximum absolute atomic E-state index is 5.69. The Morgan fingerprint density at radius 2 is 1.73 bits per heavy atom. The lowest BCUT2D eigenvalue weighted by atomic mass is 9.99. The summed E-state index contributed by atoms with van der Waals surface area (Å²) in [4.78, 5) is 8.74. The van der Waals surface area contributed by atoms with E-state index in [4.69, 9.17) is 6.42 Å². The van der Waals surface area contributed by atoms with Crippen molar-refractivity contribution in [3.05, 3.63) is 83.2 Å². The van der Waals surface area contributed by atoms with Gasteiger partial charge in [-0.15, -0.1) is 6.42 Å². The Balaban J connectivity index is 0.00000117. The van der Waals surface area contributed by atoms with E-state index in [1.54, 1.807) is 12.4 Å². The Hall–Kier alpha value is -3.18. The van der Waals surface area contributed by atoms with Crippen molar-refractivity contribution in [1.29, 1.82) is 0 Å². The van der Waals surface area contributed by atoms with Crippen molar-refractivity contribution in [3.8, 4) is 23.7 Å². The van der Waals surface area contributed by atoms with Gasteiger partial charge in [0.25, 0.3) is 0 Å². The first-order valence-electron chi connectivity index (χ1n) is 8.96. The molecule has 0 aliphatic rings. The molecule has 0 aliphatic heterocycles. The standard InChI is InChI=1S/C22H18N2.C2H6/c1-3-18-8-7-9-19(20(18)4-2)12-11-17-13-15-24-22(16-17)21-10-5-6-14-23-21;1-2/h2,5-16H,3H2,1H3;1-2H3/b12-11-;. The van der Waals surface area contributed by atoms with Gasteiger partial charge < -0.3 is 0 Å². The van der Waals surface area contributed by atoms with E-state index >= 15 is 0 Å². The average molecular weight is 340 g/mol. The summed E-state index contributed by atoms with van der Waals surface area (Å²) in [6.07, 6.45) is 14.3. The van der Waals surface area contributed by atoms with Crippen LogP contribution in [0.2, 0.25) is 0 Å². The molecule has 0 saturated heterocycles. The number of terminal acetylenes is 1. The molecule has 0 unspecified atom stereocenters. The fraction of sp³-hybridized carbons (Fsp3) is 0.167. The van der Waals surface area contributed by atoms with Crippen LogP contribution in [-0.4, -0.2) is 9.97 Å². The molecule has 0 fully saturated rings. The predicted octanol–water partition coefficient (Wildman–Crippen LogP) is 5.88. The van der Waals surface area contributed by atoms with Gasteiger partial charge in [0.05, 0.1) is 11.4 Å². The zero-order valence-electron chi connectivity index (χ0n) is 15.6. The minimum Gasteiger partial charge on any atom is -0.255 e. The molecule has 0 spiro atoms. The monoisotopic (exact) mass is 340 g/mol. The molecule has 3 aromatic rings. The van der Waals surface area contributed by atoms with E-state index in [-0.39, 0.29) is 0 Å². The summed E-state index contributed by atoms with van der Waals surface area (Å²) in [5.74, 6) is 2.82. The molecule has 0 saturated carbocycles. The molecule has 2 heteroatoms. The van der Waals surface area contributed by atoms with E-state index < -0.39 is 0 Å². The SMILES string of the molecule is C#Cc1c(/C=C\c2ccnc(-c3ccccn3)c2)cccc1CC.CC. The zero-order chi connectivity index (χ0) is 18.8. The van der Waals surface area contributed by atoms with Gasteiger partial charge in [0.15, 0.2) is 0 Å². The first-order valence-corrected chi connectivity index (χ1v) is 8.96. The summed E-state index contributed by atoms with van der Waals surface area (Å²) in [5.41, 5.74) is 6.02. The molecule has 0 aliphatic carbocycles. The molecule has 130 valence electrons. The van der Waals surface area contributed by atoms with Gasteiger partial charge >= 0.3 is 0 Å². The van der Waals surface area contributed by atoms with Gasteiger partial charge in [-0.05, 0) is 47.4 Å². The quantitative estimate of drug-likeness (QED) is 0.554. The van der Waals surface area contributed by atoms with E-state index in [1.807, 2.05) is 56.3 Å². The highest BCUT2D eigenvalue weighted by Gasteiger charge is 2.03. The highest BCUT2D eigenvalue weighted by atomic mass is 14.8. The van der Waals surface area contributed by atoms with Crippen LogP contribution in [-0.2, 0) is 6.42 Å². The minimum absolute atomic E-state index is 0.859. The third-order valence-corrected chi connectivity index (χ3v) is 3.87. The lowest BCUT2D eigenvalue weighted by molar-refractivity contribution is 1.13. The number of hydrogen-bond acceptors (Lipinski definition) is 2. The number of pyridine rings is 2. The Morgan fingerprint density at radius 3 is 2.42 bits per heavy atom. The Bertz CT molecular complexity index is 903. The molecule has 0 amide bonds. The maximum atomic E-state index is 5.69. The van der Waals surface area contributed by atoms with E-state index in [1.165, 1.54) is 5.56 Å². The summed E-state index contributed by atoms with van der Waals surface area (Å²) in [6, 6.07) is 16.0. The van der Waals surface area contributed by atoms with Crippen LogP contribution in [0.5, 0.6) is 0 Å². The van der Waals surface area contributed by atoms with Crippen LogP contribution in [0.3, 0.4) is 0 Å². The van der Waals surface area contributed by atoms with Crippen LogP contribution in [0.4, 0.5) is 0 Å². The van der Waals surface area contributed by atoms with Gasteiger partial charge in [0, 0.05) is 18.0 Å². The van der Waals surface area contributed by atoms with Crippen LogP contribution in [0.1, 0.15) is 43.0 Å². The third-order valence-electron chi connectivity index (χ3n) is 3.87. The predicted molar refractivity (Wildman–Crippen MR) is 111 cm³/mol. The number of aryl methyl sites for hydroxylation is 1. The van der Waals surface area contributed by atoms with Gasteiger partial charge in [-0.25, -0.2) is 0 Å². The van der Waals surface area contributed by atoms with Crippen molar-refractivity contribution < 1.29 is 0 Å². The van der Waals surface area contributed by atoms with E-state index in [9.17, 15) is 0 Å². The Labute approximate surface area is 156 Å². The highest BCUT2D eigenvalue weighted by Crippen LogP contribution is 2.19. The molecule has 2 nitrogen and oxygen atoms in total. The molecule has 2 heterocycles. The normalized spacial score (nSPS) is 10.1. The second-order valence-corrected chi connectivity index (χ2v) is 5.40. The van der Waals surface area contributed by atoms with Crippen molar-refractivity contribution in [2.24, 2.45) is 0 Å². The maximum Gasteiger partial charge on any atom is 0.0892 e. The van der Waals surface area contributed by atoms with Gasteiger partial charge in [-0.1, -0.05) is 63.1 Å². The van der Waals surface area contributed by atoms with Crippen LogP contribution < -0.4 is 0 Å². The van der Waals surface area contributed by atoms with Crippen molar-refractivity contribution in [2.45, 2.75) is 27.2 Å². The molecular weight excluding hydrogens is 316 g/mol. The van der Waals surface area contributed by atoms with Crippen LogP contribution in [0.25, 0.3) is 23.5 Å². The van der Waals surface area contributed by atoms with Gasteiger partial charge in [0.1, 0.15) is 0 Å². The molecule has 2 aromatic heterocycles. The van der Waals surface area contributed by atoms with Crippen molar-refractivity contribution >= 4 is 12.2 Å². The molecule has 26 heavy (non-hydrogen) atoms. The number of rotatable bonds is 4. The number of benzene rings is 1. The van der Waals surface area contributed by atoms with E-state index in [0.717, 1.165) is 34.5 Å². The van der Waals surface area contributed by atoms with Gasteiger partial charge in [0.2, 0.25) is 0 Å². The van der Waals surface area contributed by atoms with Crippen molar-refractivity contribution in [2.75, 3.05) is 0 Å². The van der Waals surface area contributed by atoms with Crippen LogP contribution >= 0.6 is 0 Å². The average Bonchev–Trinajstić information content (AvgIpc) is 2.74. The summed E-state index contributed by atoms with van der Waals surface area (Å²) >= 11 is 0. The second kappa shape index (κ2) is 9.96. The number of aromatic nitrogens is 2. The molecule has 1 aromatic carbocycles. The number of nitrogens with zero attached hydrogens (tertiary/aromatic N) is 2. The van der Waals surface area contributed by atoms with Crippen LogP contribution in [0.15, 0.2) is 60.9 Å². The molecule has 3 rings (SSSR count). The smallest absolute Gasteiger partial charge is 0.0892 e. The molecule has 0 N–H and O–H groups in total. The first-order chi connectivity index (χ1) is 12.8. The van der Waals surface area contributed by atoms with Crippen molar-refractivity contribution in [3.63, 3.8) is 0 Å². The Kier molecular flexibility index (Phi) is 7.33. The topological polar surface area (TPSA) is 25.8 Å². The first kappa shape index (κ1) is 19.1. The van der Waals surface area contributed by atoms with E-state index in [2.05, 4.69) is 41.0 Å². The Morgan fingerprint density at radius 1 is 0.923 bits per heavy atom. The molecule has 0 radical (unpaired) electrons. The van der Waals surface area contributed by atoms with Crippen LogP contribution in [0, 0.1) is 12.3 Å². The molecular formula is C24H24N2.